The molecule has 0 saturated heterocycles. The van der Waals surface area contributed by atoms with Crippen LogP contribution in [0.15, 0.2) is 12.7 Å². The first kappa shape index (κ1) is 17.7. The first-order chi connectivity index (χ1) is 9.10. The number of rotatable bonds is 12. The molecule has 0 rings (SSSR count). The second-order valence-electron chi connectivity index (χ2n) is 4.77. The summed E-state index contributed by atoms with van der Waals surface area (Å²) < 4.78 is 5.02. The molecule has 1 atom stereocenters. The minimum atomic E-state index is -0.940. The number of ether oxygens (including phenoxy) is 1. The summed E-state index contributed by atoms with van der Waals surface area (Å²) in [6.45, 7) is 5.49. The van der Waals surface area contributed by atoms with Crippen LogP contribution in [0.2, 0.25) is 0 Å². The Hall–Kier alpha value is -1.32. The van der Waals surface area contributed by atoms with E-state index in [0.29, 0.717) is 6.42 Å². The average Bonchev–Trinajstić information content (AvgIpc) is 2.36. The van der Waals surface area contributed by atoms with E-state index in [-0.39, 0.29) is 6.42 Å². The number of carboxylic acids is 1. The number of unbranched alkanes of at least 4 members (excludes halogenated alkanes) is 6. The van der Waals surface area contributed by atoms with Gasteiger partial charge in [0.15, 0.2) is 0 Å². The quantitative estimate of drug-likeness (QED) is 0.333. The van der Waals surface area contributed by atoms with Crippen LogP contribution < -0.4 is 0 Å². The van der Waals surface area contributed by atoms with E-state index >= 15 is 0 Å². The van der Waals surface area contributed by atoms with E-state index in [1.807, 2.05) is 0 Å². The van der Waals surface area contributed by atoms with Gasteiger partial charge in [-0.2, -0.15) is 0 Å². The maximum absolute atomic E-state index is 11.1. The molecule has 0 aromatic carbocycles. The molecule has 0 bridgehead atoms. The van der Waals surface area contributed by atoms with Crippen molar-refractivity contribution >= 4 is 11.9 Å². The van der Waals surface area contributed by atoms with Crippen molar-refractivity contribution in [3.8, 4) is 0 Å². The molecular weight excluding hydrogens is 244 g/mol. The van der Waals surface area contributed by atoms with E-state index in [9.17, 15) is 9.59 Å². The van der Waals surface area contributed by atoms with Gasteiger partial charge in [0.1, 0.15) is 6.10 Å². The summed E-state index contributed by atoms with van der Waals surface area (Å²) in [4.78, 5) is 21.7. The Morgan fingerprint density at radius 2 is 1.74 bits per heavy atom. The lowest BCUT2D eigenvalue weighted by atomic mass is 10.0. The van der Waals surface area contributed by atoms with E-state index in [1.54, 1.807) is 0 Å². The molecule has 0 aliphatic heterocycles. The fraction of sp³-hybridized carbons (Fsp3) is 0.733. The molecule has 0 saturated carbocycles. The van der Waals surface area contributed by atoms with E-state index in [4.69, 9.17) is 9.84 Å². The van der Waals surface area contributed by atoms with Crippen molar-refractivity contribution in [3.63, 3.8) is 0 Å². The number of carboxylic acid groups (broad SMARTS) is 1. The lowest BCUT2D eigenvalue weighted by Crippen LogP contribution is -2.20. The number of hydrogen-bond donors (Lipinski definition) is 1. The van der Waals surface area contributed by atoms with Gasteiger partial charge in [0, 0.05) is 6.08 Å². The Morgan fingerprint density at radius 3 is 2.26 bits per heavy atom. The molecule has 0 aromatic rings. The van der Waals surface area contributed by atoms with Crippen molar-refractivity contribution in [1.82, 2.24) is 0 Å². The van der Waals surface area contributed by atoms with E-state index in [2.05, 4.69) is 13.5 Å². The summed E-state index contributed by atoms with van der Waals surface area (Å²) >= 11 is 0. The molecule has 0 heterocycles. The van der Waals surface area contributed by atoms with E-state index in [0.717, 1.165) is 25.3 Å². The molecule has 19 heavy (non-hydrogen) atoms. The first-order valence-corrected chi connectivity index (χ1v) is 7.15. The molecule has 0 aliphatic rings. The van der Waals surface area contributed by atoms with Gasteiger partial charge in [-0.3, -0.25) is 4.79 Å². The minimum absolute atomic E-state index is 0.130. The van der Waals surface area contributed by atoms with Gasteiger partial charge in [-0.25, -0.2) is 4.79 Å². The van der Waals surface area contributed by atoms with Crippen LogP contribution in [0.5, 0.6) is 0 Å². The fourth-order valence-corrected chi connectivity index (χ4v) is 1.94. The molecular formula is C15H26O4. The van der Waals surface area contributed by atoms with Crippen LogP contribution in [-0.2, 0) is 14.3 Å². The highest BCUT2D eigenvalue weighted by molar-refractivity contribution is 5.81. The molecule has 0 aromatic heterocycles. The third-order valence-electron chi connectivity index (χ3n) is 2.98. The molecule has 1 N–H and O–H groups in total. The van der Waals surface area contributed by atoms with Gasteiger partial charge in [0.05, 0.1) is 6.42 Å². The Bertz CT molecular complexity index is 273. The maximum atomic E-state index is 11.1. The Kier molecular flexibility index (Phi) is 10.9. The third kappa shape index (κ3) is 11.5. The molecule has 1 unspecified atom stereocenters. The predicted octanol–water partition coefficient (Wildman–Crippen LogP) is 3.70. The van der Waals surface area contributed by atoms with Gasteiger partial charge in [0.25, 0.3) is 0 Å². The average molecular weight is 270 g/mol. The van der Waals surface area contributed by atoms with Gasteiger partial charge in [-0.05, 0) is 12.8 Å². The molecule has 4 nitrogen and oxygen atoms in total. The summed E-state index contributed by atoms with van der Waals surface area (Å²) in [6, 6.07) is 0. The van der Waals surface area contributed by atoms with Crippen LogP contribution in [0.4, 0.5) is 0 Å². The van der Waals surface area contributed by atoms with E-state index < -0.39 is 18.0 Å². The lowest BCUT2D eigenvalue weighted by molar-refractivity contribution is -0.148. The Labute approximate surface area is 115 Å². The highest BCUT2D eigenvalue weighted by Crippen LogP contribution is 2.13. The summed E-state index contributed by atoms with van der Waals surface area (Å²) in [5.74, 6) is -1.49. The number of esters is 1. The second-order valence-corrected chi connectivity index (χ2v) is 4.77. The SMILES string of the molecule is C=CC(=O)OC(CCCCCCCCC)CC(=O)O. The van der Waals surface area contributed by atoms with Crippen LogP contribution in [-0.4, -0.2) is 23.1 Å². The minimum Gasteiger partial charge on any atom is -0.481 e. The van der Waals surface area contributed by atoms with Crippen molar-refractivity contribution in [2.75, 3.05) is 0 Å². The monoisotopic (exact) mass is 270 g/mol. The topological polar surface area (TPSA) is 63.6 Å². The fourth-order valence-electron chi connectivity index (χ4n) is 1.94. The molecule has 110 valence electrons. The predicted molar refractivity (Wildman–Crippen MR) is 74.9 cm³/mol. The number of carbonyl (C=O) groups excluding carboxylic acids is 1. The van der Waals surface area contributed by atoms with Gasteiger partial charge in [-0.15, -0.1) is 0 Å². The standard InChI is InChI=1S/C15H26O4/c1-3-5-6-7-8-9-10-11-13(12-14(16)17)19-15(18)4-2/h4,13H,2-3,5-12H2,1H3,(H,16,17). The zero-order chi connectivity index (χ0) is 14.5. The van der Waals surface area contributed by atoms with Crippen molar-refractivity contribution in [3.05, 3.63) is 12.7 Å². The van der Waals surface area contributed by atoms with Crippen LogP contribution in [0.1, 0.15) is 64.7 Å². The summed E-state index contributed by atoms with van der Waals surface area (Å²) in [5.41, 5.74) is 0. The van der Waals surface area contributed by atoms with Crippen molar-refractivity contribution in [2.45, 2.75) is 70.8 Å². The zero-order valence-electron chi connectivity index (χ0n) is 11.9. The largest absolute Gasteiger partial charge is 0.481 e. The zero-order valence-corrected chi connectivity index (χ0v) is 11.9. The van der Waals surface area contributed by atoms with Gasteiger partial charge in [0.2, 0.25) is 0 Å². The number of aliphatic carboxylic acids is 1. The lowest BCUT2D eigenvalue weighted by Gasteiger charge is -2.14. The van der Waals surface area contributed by atoms with Crippen LogP contribution >= 0.6 is 0 Å². The van der Waals surface area contributed by atoms with Crippen molar-refractivity contribution in [2.24, 2.45) is 0 Å². The Morgan fingerprint density at radius 1 is 1.16 bits per heavy atom. The van der Waals surface area contributed by atoms with Crippen molar-refractivity contribution in [1.29, 1.82) is 0 Å². The normalized spacial score (nSPS) is 11.8. The molecule has 0 radical (unpaired) electrons. The molecule has 0 spiro atoms. The Balaban J connectivity index is 3.76. The molecule has 0 aliphatic carbocycles. The van der Waals surface area contributed by atoms with Crippen LogP contribution in [0, 0.1) is 0 Å². The highest BCUT2D eigenvalue weighted by Gasteiger charge is 2.16. The molecule has 0 fully saturated rings. The third-order valence-corrected chi connectivity index (χ3v) is 2.98. The van der Waals surface area contributed by atoms with Gasteiger partial charge in [-0.1, -0.05) is 52.0 Å². The van der Waals surface area contributed by atoms with Gasteiger partial charge >= 0.3 is 11.9 Å². The summed E-state index contributed by atoms with van der Waals surface area (Å²) in [7, 11) is 0. The van der Waals surface area contributed by atoms with Crippen LogP contribution in [0.3, 0.4) is 0 Å². The van der Waals surface area contributed by atoms with E-state index in [1.165, 1.54) is 25.7 Å². The molecule has 0 amide bonds. The summed E-state index contributed by atoms with van der Waals surface area (Å²) in [6.07, 6.45) is 9.14. The summed E-state index contributed by atoms with van der Waals surface area (Å²) in [5, 5.41) is 8.75. The number of carbonyl (C=O) groups is 2. The van der Waals surface area contributed by atoms with Crippen molar-refractivity contribution < 1.29 is 19.4 Å². The smallest absolute Gasteiger partial charge is 0.330 e. The number of hydrogen-bond acceptors (Lipinski definition) is 3. The molecule has 4 heteroatoms. The second kappa shape index (κ2) is 11.8. The maximum Gasteiger partial charge on any atom is 0.330 e. The highest BCUT2D eigenvalue weighted by atomic mass is 16.5. The van der Waals surface area contributed by atoms with Crippen LogP contribution in [0.25, 0.3) is 0 Å². The van der Waals surface area contributed by atoms with Gasteiger partial charge < -0.3 is 9.84 Å². The first-order valence-electron chi connectivity index (χ1n) is 7.15.